The van der Waals surface area contributed by atoms with Crippen LogP contribution in [0.3, 0.4) is 0 Å². The minimum absolute atomic E-state index is 0.189. The predicted molar refractivity (Wildman–Crippen MR) is 79.3 cm³/mol. The van der Waals surface area contributed by atoms with Crippen LogP contribution in [-0.2, 0) is 4.79 Å². The Bertz CT molecular complexity index is 478. The zero-order chi connectivity index (χ0) is 13.0. The van der Waals surface area contributed by atoms with Gasteiger partial charge in [0.1, 0.15) is 0 Å². The van der Waals surface area contributed by atoms with Crippen LogP contribution < -0.4 is 0 Å². The summed E-state index contributed by atoms with van der Waals surface area (Å²) in [4.78, 5) is 12.1. The number of halogens is 1. The highest BCUT2D eigenvalue weighted by Gasteiger charge is 2.20. The van der Waals surface area contributed by atoms with Gasteiger partial charge in [-0.2, -0.15) is 0 Å². The third-order valence-corrected chi connectivity index (χ3v) is 4.15. The lowest BCUT2D eigenvalue weighted by Gasteiger charge is -2.20. The minimum Gasteiger partial charge on any atom is -0.295 e. The molecule has 1 aliphatic rings. The minimum atomic E-state index is 0.189. The first kappa shape index (κ1) is 13.3. The molecule has 0 saturated heterocycles. The van der Waals surface area contributed by atoms with Crippen molar-refractivity contribution in [3.05, 3.63) is 52.5 Å². The molecule has 1 aliphatic carbocycles. The van der Waals surface area contributed by atoms with Crippen molar-refractivity contribution < 1.29 is 4.79 Å². The molecule has 0 unspecified atom stereocenters. The average Bonchev–Trinajstić information content (AvgIpc) is 2.38. The fourth-order valence-corrected chi connectivity index (χ4v) is 2.65. The molecule has 0 radical (unpaired) electrons. The molecule has 0 bridgehead atoms. The topological polar surface area (TPSA) is 17.1 Å². The maximum atomic E-state index is 12.1. The third kappa shape index (κ3) is 3.42. The van der Waals surface area contributed by atoms with E-state index >= 15 is 0 Å². The molecule has 2 heteroatoms. The average molecular weight is 305 g/mol. The Labute approximate surface area is 117 Å². The van der Waals surface area contributed by atoms with E-state index in [-0.39, 0.29) is 11.7 Å². The smallest absolute Gasteiger partial charge is 0.158 e. The first-order valence-electron chi connectivity index (χ1n) is 6.30. The number of carbonyl (C=O) groups excluding carboxylic acids is 1. The fraction of sp³-hybridized carbons (Fsp3) is 0.312. The molecule has 0 atom stereocenters. The Hall–Kier alpha value is -1.15. The van der Waals surface area contributed by atoms with E-state index in [1.165, 1.54) is 5.57 Å². The zero-order valence-corrected chi connectivity index (χ0v) is 11.9. The first-order chi connectivity index (χ1) is 8.66. The largest absolute Gasteiger partial charge is 0.295 e. The molecule has 0 N–H and O–H groups in total. The molecule has 0 aliphatic heterocycles. The van der Waals surface area contributed by atoms with Crippen molar-refractivity contribution in [1.82, 2.24) is 0 Å². The van der Waals surface area contributed by atoms with Gasteiger partial charge >= 0.3 is 0 Å². The van der Waals surface area contributed by atoms with Gasteiger partial charge in [0.25, 0.3) is 0 Å². The van der Waals surface area contributed by atoms with Gasteiger partial charge in [0.2, 0.25) is 0 Å². The Morgan fingerprint density at radius 1 is 1.28 bits per heavy atom. The lowest BCUT2D eigenvalue weighted by Crippen LogP contribution is -2.16. The molecular weight excluding hydrogens is 288 g/mol. The third-order valence-electron chi connectivity index (χ3n) is 3.43. The number of rotatable bonds is 3. The lowest BCUT2D eigenvalue weighted by atomic mass is 9.84. The molecule has 1 aromatic carbocycles. The second-order valence-electron chi connectivity index (χ2n) is 4.78. The molecule has 1 fully saturated rings. The van der Waals surface area contributed by atoms with Crippen LogP contribution in [0.15, 0.2) is 47.0 Å². The summed E-state index contributed by atoms with van der Waals surface area (Å²) in [7, 11) is 0. The van der Waals surface area contributed by atoms with Crippen LogP contribution in [0.4, 0.5) is 0 Å². The van der Waals surface area contributed by atoms with Gasteiger partial charge < -0.3 is 0 Å². The summed E-state index contributed by atoms with van der Waals surface area (Å²) in [5, 5.41) is 0. The van der Waals surface area contributed by atoms with Crippen molar-refractivity contribution in [2.75, 3.05) is 0 Å². The van der Waals surface area contributed by atoms with Crippen molar-refractivity contribution in [3.8, 4) is 0 Å². The van der Waals surface area contributed by atoms with Gasteiger partial charge in [0.05, 0.1) is 0 Å². The summed E-state index contributed by atoms with van der Waals surface area (Å²) in [5.41, 5.74) is 2.33. The van der Waals surface area contributed by atoms with Crippen molar-refractivity contribution in [2.45, 2.75) is 25.7 Å². The van der Waals surface area contributed by atoms with E-state index < -0.39 is 0 Å². The Morgan fingerprint density at radius 2 is 1.94 bits per heavy atom. The molecule has 18 heavy (non-hydrogen) atoms. The van der Waals surface area contributed by atoms with E-state index in [4.69, 9.17) is 0 Å². The standard InChI is InChI=1S/C16H17BrO/c1-12-6-8-14(9-7-12)16(18)11-10-13-4-2-3-5-15(13)17/h2-5,10-11,14H,1,6-9H2. The molecule has 1 saturated carbocycles. The predicted octanol–water partition coefficient (Wildman–Crippen LogP) is 4.78. The van der Waals surface area contributed by atoms with Gasteiger partial charge in [-0.05, 0) is 43.4 Å². The summed E-state index contributed by atoms with van der Waals surface area (Å²) < 4.78 is 1.02. The van der Waals surface area contributed by atoms with E-state index in [9.17, 15) is 4.79 Å². The van der Waals surface area contributed by atoms with Gasteiger partial charge in [-0.1, -0.05) is 52.4 Å². The maximum absolute atomic E-state index is 12.1. The van der Waals surface area contributed by atoms with Crippen LogP contribution in [0, 0.1) is 5.92 Å². The summed E-state index contributed by atoms with van der Waals surface area (Å²) in [6.45, 7) is 3.98. The molecule has 0 amide bonds. The van der Waals surface area contributed by atoms with Crippen LogP contribution >= 0.6 is 15.9 Å². The molecule has 1 aromatic rings. The summed E-state index contributed by atoms with van der Waals surface area (Å²) in [6.07, 6.45) is 7.53. The highest BCUT2D eigenvalue weighted by atomic mass is 79.9. The second kappa shape index (κ2) is 6.14. The van der Waals surface area contributed by atoms with Gasteiger partial charge in [-0.25, -0.2) is 0 Å². The number of hydrogen-bond donors (Lipinski definition) is 0. The van der Waals surface area contributed by atoms with Crippen molar-refractivity contribution in [3.63, 3.8) is 0 Å². The van der Waals surface area contributed by atoms with Crippen molar-refractivity contribution in [2.24, 2.45) is 5.92 Å². The number of ketones is 1. The zero-order valence-electron chi connectivity index (χ0n) is 10.4. The molecule has 0 spiro atoms. The first-order valence-corrected chi connectivity index (χ1v) is 7.09. The summed E-state index contributed by atoms with van der Waals surface area (Å²) in [5.74, 6) is 0.437. The Morgan fingerprint density at radius 3 is 2.61 bits per heavy atom. The van der Waals surface area contributed by atoms with Crippen LogP contribution in [-0.4, -0.2) is 5.78 Å². The molecule has 1 nitrogen and oxygen atoms in total. The second-order valence-corrected chi connectivity index (χ2v) is 5.64. The molecule has 0 heterocycles. The van der Waals surface area contributed by atoms with E-state index in [1.54, 1.807) is 6.08 Å². The van der Waals surface area contributed by atoms with Crippen molar-refractivity contribution in [1.29, 1.82) is 0 Å². The molecule has 0 aromatic heterocycles. The monoisotopic (exact) mass is 304 g/mol. The van der Waals surface area contributed by atoms with E-state index in [0.29, 0.717) is 0 Å². The van der Waals surface area contributed by atoms with Gasteiger partial charge in [-0.3, -0.25) is 4.79 Å². The Balaban J connectivity index is 1.99. The fourth-order valence-electron chi connectivity index (χ4n) is 2.23. The maximum Gasteiger partial charge on any atom is 0.158 e. The highest BCUT2D eigenvalue weighted by Crippen LogP contribution is 2.28. The molecule has 2 rings (SSSR count). The number of allylic oxidation sites excluding steroid dienone is 2. The van der Waals surface area contributed by atoms with Crippen molar-refractivity contribution >= 4 is 27.8 Å². The van der Waals surface area contributed by atoms with E-state index in [0.717, 1.165) is 35.7 Å². The van der Waals surface area contributed by atoms with Crippen LogP contribution in [0.2, 0.25) is 0 Å². The van der Waals surface area contributed by atoms with Crippen LogP contribution in [0.5, 0.6) is 0 Å². The summed E-state index contributed by atoms with van der Waals surface area (Å²) >= 11 is 3.48. The van der Waals surface area contributed by atoms with Crippen LogP contribution in [0.25, 0.3) is 6.08 Å². The molecular formula is C16H17BrO. The van der Waals surface area contributed by atoms with E-state index in [2.05, 4.69) is 22.5 Å². The van der Waals surface area contributed by atoms with Gasteiger partial charge in [0, 0.05) is 10.4 Å². The normalized spacial score (nSPS) is 17.3. The Kier molecular flexibility index (Phi) is 4.54. The van der Waals surface area contributed by atoms with Gasteiger partial charge in [0.15, 0.2) is 5.78 Å². The molecule has 94 valence electrons. The summed E-state index contributed by atoms with van der Waals surface area (Å²) in [6, 6.07) is 7.92. The number of benzene rings is 1. The van der Waals surface area contributed by atoms with Crippen LogP contribution in [0.1, 0.15) is 31.2 Å². The number of carbonyl (C=O) groups is 1. The number of hydrogen-bond acceptors (Lipinski definition) is 1. The van der Waals surface area contributed by atoms with Gasteiger partial charge in [-0.15, -0.1) is 0 Å². The van der Waals surface area contributed by atoms with E-state index in [1.807, 2.05) is 30.3 Å². The SMILES string of the molecule is C=C1CCC(C(=O)C=Cc2ccccc2Br)CC1. The highest BCUT2D eigenvalue weighted by molar-refractivity contribution is 9.10. The lowest BCUT2D eigenvalue weighted by molar-refractivity contribution is -0.118. The quantitative estimate of drug-likeness (QED) is 0.580.